The van der Waals surface area contributed by atoms with E-state index in [4.69, 9.17) is 9.47 Å². The summed E-state index contributed by atoms with van der Waals surface area (Å²) in [6, 6.07) is 0.680. The lowest BCUT2D eigenvalue weighted by Gasteiger charge is -2.14. The van der Waals surface area contributed by atoms with Crippen LogP contribution in [0.2, 0.25) is 0 Å². The second kappa shape index (κ2) is 5.10. The molecule has 0 amide bonds. The lowest BCUT2D eigenvalue weighted by Crippen LogP contribution is -2.23. The van der Waals surface area contributed by atoms with Gasteiger partial charge in [0.2, 0.25) is 0 Å². The normalized spacial score (nSPS) is 37.9. The van der Waals surface area contributed by atoms with Crippen LogP contribution in [0.25, 0.3) is 0 Å². The molecule has 1 aliphatic carbocycles. The smallest absolute Gasteiger partial charge is 0.0590 e. The average Bonchev–Trinajstić information content (AvgIpc) is 2.86. The monoisotopic (exact) mass is 199 g/mol. The van der Waals surface area contributed by atoms with E-state index in [0.717, 1.165) is 19.8 Å². The topological polar surface area (TPSA) is 30.5 Å². The lowest BCUT2D eigenvalue weighted by atomic mass is 10.1. The summed E-state index contributed by atoms with van der Waals surface area (Å²) >= 11 is 0. The Morgan fingerprint density at radius 1 is 1.36 bits per heavy atom. The minimum absolute atomic E-state index is 0.494. The fraction of sp³-hybridized carbons (Fsp3) is 1.00. The molecule has 14 heavy (non-hydrogen) atoms. The SMILES string of the molecule is CNC1CCC(OCC2CCOC2)C1. The van der Waals surface area contributed by atoms with Gasteiger partial charge in [-0.2, -0.15) is 0 Å². The summed E-state index contributed by atoms with van der Waals surface area (Å²) in [4.78, 5) is 0. The van der Waals surface area contributed by atoms with Gasteiger partial charge in [-0.05, 0) is 32.7 Å². The molecule has 0 radical (unpaired) electrons. The molecule has 1 N–H and O–H groups in total. The fourth-order valence-electron chi connectivity index (χ4n) is 2.34. The maximum atomic E-state index is 5.90. The standard InChI is InChI=1S/C11H21NO2/c1-12-10-2-3-11(6-10)14-8-9-4-5-13-7-9/h9-12H,2-8H2,1H3. The molecule has 2 aliphatic rings. The highest BCUT2D eigenvalue weighted by molar-refractivity contribution is 4.80. The van der Waals surface area contributed by atoms with Crippen molar-refractivity contribution in [1.82, 2.24) is 5.32 Å². The third-order valence-corrected chi connectivity index (χ3v) is 3.38. The van der Waals surface area contributed by atoms with Crippen LogP contribution in [0.15, 0.2) is 0 Å². The van der Waals surface area contributed by atoms with Gasteiger partial charge in [0.05, 0.1) is 19.3 Å². The molecule has 2 rings (SSSR count). The molecule has 3 heteroatoms. The van der Waals surface area contributed by atoms with Crippen molar-refractivity contribution in [2.24, 2.45) is 5.92 Å². The Morgan fingerprint density at radius 2 is 2.29 bits per heavy atom. The van der Waals surface area contributed by atoms with Crippen molar-refractivity contribution in [2.75, 3.05) is 26.9 Å². The lowest BCUT2D eigenvalue weighted by molar-refractivity contribution is 0.0293. The Bertz CT molecular complexity index is 169. The summed E-state index contributed by atoms with van der Waals surface area (Å²) in [5.41, 5.74) is 0. The molecule has 0 spiro atoms. The second-order valence-electron chi connectivity index (χ2n) is 4.48. The van der Waals surface area contributed by atoms with E-state index in [1.54, 1.807) is 0 Å². The van der Waals surface area contributed by atoms with Crippen molar-refractivity contribution in [3.63, 3.8) is 0 Å². The predicted octanol–water partition coefficient (Wildman–Crippen LogP) is 1.18. The van der Waals surface area contributed by atoms with E-state index >= 15 is 0 Å². The van der Waals surface area contributed by atoms with Gasteiger partial charge >= 0.3 is 0 Å². The summed E-state index contributed by atoms with van der Waals surface area (Å²) in [6.45, 7) is 2.74. The Balaban J connectivity index is 1.61. The third kappa shape index (κ3) is 2.69. The summed E-state index contributed by atoms with van der Waals surface area (Å²) in [5.74, 6) is 0.656. The van der Waals surface area contributed by atoms with Gasteiger partial charge in [0.15, 0.2) is 0 Å². The Hall–Kier alpha value is -0.120. The summed E-state index contributed by atoms with van der Waals surface area (Å²) in [6.07, 6.45) is 5.35. The maximum Gasteiger partial charge on any atom is 0.0590 e. The van der Waals surface area contributed by atoms with Crippen molar-refractivity contribution in [3.8, 4) is 0 Å². The summed E-state index contributed by atoms with van der Waals surface area (Å²) < 4.78 is 11.2. The molecule has 82 valence electrons. The van der Waals surface area contributed by atoms with Crippen LogP contribution >= 0.6 is 0 Å². The van der Waals surface area contributed by atoms with Crippen molar-refractivity contribution < 1.29 is 9.47 Å². The molecule has 1 aliphatic heterocycles. The predicted molar refractivity (Wildman–Crippen MR) is 55.4 cm³/mol. The van der Waals surface area contributed by atoms with Gasteiger partial charge < -0.3 is 14.8 Å². The van der Waals surface area contributed by atoms with E-state index < -0.39 is 0 Å². The van der Waals surface area contributed by atoms with E-state index in [2.05, 4.69) is 5.32 Å². The van der Waals surface area contributed by atoms with Crippen LogP contribution in [0.1, 0.15) is 25.7 Å². The van der Waals surface area contributed by atoms with Crippen LogP contribution in [0.4, 0.5) is 0 Å². The molecular formula is C11H21NO2. The molecular weight excluding hydrogens is 178 g/mol. The molecule has 0 aromatic heterocycles. The third-order valence-electron chi connectivity index (χ3n) is 3.38. The molecule has 1 saturated heterocycles. The van der Waals surface area contributed by atoms with Crippen LogP contribution in [-0.4, -0.2) is 39.0 Å². The van der Waals surface area contributed by atoms with Gasteiger partial charge in [0, 0.05) is 18.6 Å². The van der Waals surface area contributed by atoms with E-state index in [-0.39, 0.29) is 0 Å². The zero-order valence-electron chi connectivity index (χ0n) is 9.00. The first-order chi connectivity index (χ1) is 6.88. The summed E-state index contributed by atoms with van der Waals surface area (Å²) in [7, 11) is 2.04. The minimum atomic E-state index is 0.494. The highest BCUT2D eigenvalue weighted by atomic mass is 16.5. The highest BCUT2D eigenvalue weighted by Crippen LogP contribution is 2.23. The number of rotatable bonds is 4. The van der Waals surface area contributed by atoms with Gasteiger partial charge in [-0.15, -0.1) is 0 Å². The Kier molecular flexibility index (Phi) is 3.79. The van der Waals surface area contributed by atoms with Crippen LogP contribution in [0.3, 0.4) is 0 Å². The van der Waals surface area contributed by atoms with E-state index in [9.17, 15) is 0 Å². The quantitative estimate of drug-likeness (QED) is 0.737. The first-order valence-electron chi connectivity index (χ1n) is 5.75. The van der Waals surface area contributed by atoms with E-state index in [0.29, 0.717) is 18.1 Å². The number of ether oxygens (including phenoxy) is 2. The van der Waals surface area contributed by atoms with E-state index in [1.165, 1.54) is 25.7 Å². The fourth-order valence-corrected chi connectivity index (χ4v) is 2.34. The zero-order chi connectivity index (χ0) is 9.80. The molecule has 3 atom stereocenters. The second-order valence-corrected chi connectivity index (χ2v) is 4.48. The molecule has 2 fully saturated rings. The minimum Gasteiger partial charge on any atom is -0.381 e. The van der Waals surface area contributed by atoms with Gasteiger partial charge in [-0.25, -0.2) is 0 Å². The first kappa shape index (κ1) is 10.4. The zero-order valence-corrected chi connectivity index (χ0v) is 9.00. The van der Waals surface area contributed by atoms with E-state index in [1.807, 2.05) is 7.05 Å². The highest BCUT2D eigenvalue weighted by Gasteiger charge is 2.25. The molecule has 1 saturated carbocycles. The average molecular weight is 199 g/mol. The van der Waals surface area contributed by atoms with Gasteiger partial charge in [-0.3, -0.25) is 0 Å². The number of hydrogen-bond acceptors (Lipinski definition) is 3. The Morgan fingerprint density at radius 3 is 2.93 bits per heavy atom. The van der Waals surface area contributed by atoms with Gasteiger partial charge in [-0.1, -0.05) is 0 Å². The van der Waals surface area contributed by atoms with Gasteiger partial charge in [0.1, 0.15) is 0 Å². The van der Waals surface area contributed by atoms with Crippen molar-refractivity contribution >= 4 is 0 Å². The molecule has 0 aromatic carbocycles. The van der Waals surface area contributed by atoms with Crippen LogP contribution in [0.5, 0.6) is 0 Å². The molecule has 0 bridgehead atoms. The molecule has 3 nitrogen and oxygen atoms in total. The van der Waals surface area contributed by atoms with Crippen LogP contribution in [0, 0.1) is 5.92 Å². The number of hydrogen-bond donors (Lipinski definition) is 1. The largest absolute Gasteiger partial charge is 0.381 e. The molecule has 0 aromatic rings. The van der Waals surface area contributed by atoms with Crippen LogP contribution in [-0.2, 0) is 9.47 Å². The molecule has 1 heterocycles. The van der Waals surface area contributed by atoms with Gasteiger partial charge in [0.25, 0.3) is 0 Å². The van der Waals surface area contributed by atoms with Crippen molar-refractivity contribution in [2.45, 2.75) is 37.8 Å². The van der Waals surface area contributed by atoms with Crippen LogP contribution < -0.4 is 5.32 Å². The first-order valence-corrected chi connectivity index (χ1v) is 5.75. The van der Waals surface area contributed by atoms with Crippen molar-refractivity contribution in [1.29, 1.82) is 0 Å². The molecule has 3 unspecified atom stereocenters. The van der Waals surface area contributed by atoms with Crippen molar-refractivity contribution in [3.05, 3.63) is 0 Å². The maximum absolute atomic E-state index is 5.90. The summed E-state index contributed by atoms with van der Waals surface area (Å²) in [5, 5.41) is 3.32. The number of nitrogens with one attached hydrogen (secondary N) is 1. The Labute approximate surface area is 86.2 Å².